The van der Waals surface area contributed by atoms with E-state index in [0.29, 0.717) is 17.5 Å². The lowest BCUT2D eigenvalue weighted by atomic mass is 10.2. The third kappa shape index (κ3) is 2.63. The number of rotatable bonds is 3. The van der Waals surface area contributed by atoms with Gasteiger partial charge < -0.3 is 9.73 Å². The normalized spacial score (nSPS) is 10.9. The number of hydrogen-bond donors (Lipinski definition) is 1. The van der Waals surface area contributed by atoms with Crippen molar-refractivity contribution in [2.45, 2.75) is 20.4 Å². The third-order valence-corrected chi connectivity index (χ3v) is 3.40. The van der Waals surface area contributed by atoms with Gasteiger partial charge in [-0.2, -0.15) is 0 Å². The number of fused-ring (bicyclic) bond motifs is 1. The highest BCUT2D eigenvalue weighted by molar-refractivity contribution is 6.31. The lowest BCUT2D eigenvalue weighted by Crippen LogP contribution is -1.99. The number of hydrogen-bond acceptors (Lipinski definition) is 3. The minimum Gasteiger partial charge on any atom is -0.438 e. The highest BCUT2D eigenvalue weighted by Crippen LogP contribution is 2.24. The fourth-order valence-corrected chi connectivity index (χ4v) is 2.39. The van der Waals surface area contributed by atoms with Crippen LogP contribution in [0.5, 0.6) is 0 Å². The standard InChI is InChI=1S/C16H15ClN2O/c1-10-3-5-13(6-4-10)18-9-15-19-14-8-12(17)7-11(2)16(14)20-15/h3-8,18H,9H2,1-2H3. The summed E-state index contributed by atoms with van der Waals surface area (Å²) in [6.45, 7) is 4.59. The van der Waals surface area contributed by atoms with Gasteiger partial charge in [-0.05, 0) is 43.7 Å². The van der Waals surface area contributed by atoms with E-state index < -0.39 is 0 Å². The average molecular weight is 287 g/mol. The Morgan fingerprint density at radius 3 is 2.65 bits per heavy atom. The molecule has 0 aliphatic heterocycles. The third-order valence-electron chi connectivity index (χ3n) is 3.18. The number of aryl methyl sites for hydroxylation is 2. The predicted molar refractivity (Wildman–Crippen MR) is 82.3 cm³/mol. The second-order valence-corrected chi connectivity index (χ2v) is 5.33. The monoisotopic (exact) mass is 286 g/mol. The van der Waals surface area contributed by atoms with E-state index in [1.807, 2.05) is 31.2 Å². The van der Waals surface area contributed by atoms with Crippen LogP contribution in [0.2, 0.25) is 5.02 Å². The Labute approximate surface area is 122 Å². The van der Waals surface area contributed by atoms with E-state index in [2.05, 4.69) is 29.4 Å². The minimum absolute atomic E-state index is 0.550. The van der Waals surface area contributed by atoms with Crippen LogP contribution in [0, 0.1) is 13.8 Å². The van der Waals surface area contributed by atoms with Crippen molar-refractivity contribution in [3.8, 4) is 0 Å². The van der Waals surface area contributed by atoms with Gasteiger partial charge in [-0.15, -0.1) is 0 Å². The molecule has 0 atom stereocenters. The van der Waals surface area contributed by atoms with Gasteiger partial charge in [0, 0.05) is 10.7 Å². The fraction of sp³-hybridized carbons (Fsp3) is 0.188. The number of nitrogens with one attached hydrogen (secondary N) is 1. The topological polar surface area (TPSA) is 38.1 Å². The summed E-state index contributed by atoms with van der Waals surface area (Å²) in [4.78, 5) is 4.45. The molecular formula is C16H15ClN2O. The molecule has 0 spiro atoms. The molecule has 20 heavy (non-hydrogen) atoms. The highest BCUT2D eigenvalue weighted by atomic mass is 35.5. The molecule has 0 unspecified atom stereocenters. The quantitative estimate of drug-likeness (QED) is 0.758. The molecule has 2 aromatic carbocycles. The van der Waals surface area contributed by atoms with Gasteiger partial charge in [-0.3, -0.25) is 0 Å². The van der Waals surface area contributed by atoms with Crippen LogP contribution in [0.1, 0.15) is 17.0 Å². The maximum Gasteiger partial charge on any atom is 0.214 e. The van der Waals surface area contributed by atoms with Crippen LogP contribution in [-0.2, 0) is 6.54 Å². The predicted octanol–water partition coefficient (Wildman–Crippen LogP) is 4.71. The molecule has 3 rings (SSSR count). The molecule has 102 valence electrons. The van der Waals surface area contributed by atoms with Gasteiger partial charge in [0.2, 0.25) is 5.89 Å². The Balaban J connectivity index is 1.81. The first kappa shape index (κ1) is 13.0. The molecule has 1 heterocycles. The first-order valence-electron chi connectivity index (χ1n) is 6.48. The number of anilines is 1. The number of nitrogens with zero attached hydrogens (tertiary/aromatic N) is 1. The van der Waals surface area contributed by atoms with Gasteiger partial charge in [-0.25, -0.2) is 4.98 Å². The molecule has 1 N–H and O–H groups in total. The Kier molecular flexibility index (Phi) is 3.36. The second-order valence-electron chi connectivity index (χ2n) is 4.90. The smallest absolute Gasteiger partial charge is 0.214 e. The summed E-state index contributed by atoms with van der Waals surface area (Å²) in [5.74, 6) is 0.658. The van der Waals surface area contributed by atoms with Crippen LogP contribution in [0.4, 0.5) is 5.69 Å². The number of halogens is 1. The van der Waals surface area contributed by atoms with Gasteiger partial charge in [0.15, 0.2) is 5.58 Å². The Hall–Kier alpha value is -2.00. The van der Waals surface area contributed by atoms with Gasteiger partial charge in [0.1, 0.15) is 5.52 Å². The SMILES string of the molecule is Cc1ccc(NCc2nc3cc(Cl)cc(C)c3o2)cc1. The lowest BCUT2D eigenvalue weighted by molar-refractivity contribution is 0.539. The molecule has 3 nitrogen and oxygen atoms in total. The molecule has 3 aromatic rings. The molecular weight excluding hydrogens is 272 g/mol. The zero-order chi connectivity index (χ0) is 14.1. The largest absolute Gasteiger partial charge is 0.438 e. The van der Waals surface area contributed by atoms with Gasteiger partial charge in [0.25, 0.3) is 0 Å². The van der Waals surface area contributed by atoms with Crippen LogP contribution in [0.3, 0.4) is 0 Å². The first-order valence-corrected chi connectivity index (χ1v) is 6.86. The molecule has 0 aliphatic rings. The summed E-state index contributed by atoms with van der Waals surface area (Å²) in [6, 6.07) is 11.9. The van der Waals surface area contributed by atoms with Crippen LogP contribution in [0.15, 0.2) is 40.8 Å². The number of oxazole rings is 1. The van der Waals surface area contributed by atoms with E-state index in [9.17, 15) is 0 Å². The zero-order valence-electron chi connectivity index (χ0n) is 11.4. The molecule has 0 radical (unpaired) electrons. The van der Waals surface area contributed by atoms with E-state index in [1.54, 1.807) is 0 Å². The zero-order valence-corrected chi connectivity index (χ0v) is 12.2. The molecule has 0 fully saturated rings. The van der Waals surface area contributed by atoms with Crippen molar-refractivity contribution >= 4 is 28.4 Å². The summed E-state index contributed by atoms with van der Waals surface area (Å²) in [7, 11) is 0. The van der Waals surface area contributed by atoms with E-state index in [0.717, 1.165) is 22.4 Å². The van der Waals surface area contributed by atoms with Crippen molar-refractivity contribution in [3.63, 3.8) is 0 Å². The minimum atomic E-state index is 0.550. The van der Waals surface area contributed by atoms with E-state index >= 15 is 0 Å². The van der Waals surface area contributed by atoms with E-state index in [1.165, 1.54) is 5.56 Å². The molecule has 0 saturated heterocycles. The van der Waals surface area contributed by atoms with Crippen LogP contribution in [0.25, 0.3) is 11.1 Å². The summed E-state index contributed by atoms with van der Waals surface area (Å²) >= 11 is 6.02. The van der Waals surface area contributed by atoms with E-state index in [-0.39, 0.29) is 0 Å². The maximum absolute atomic E-state index is 6.02. The summed E-state index contributed by atoms with van der Waals surface area (Å²) in [5.41, 5.74) is 4.89. The van der Waals surface area contributed by atoms with Crippen molar-refractivity contribution in [2.24, 2.45) is 0 Å². The highest BCUT2D eigenvalue weighted by Gasteiger charge is 2.09. The second kappa shape index (κ2) is 5.17. The molecule has 0 amide bonds. The van der Waals surface area contributed by atoms with Crippen molar-refractivity contribution in [1.82, 2.24) is 4.98 Å². The molecule has 0 aliphatic carbocycles. The van der Waals surface area contributed by atoms with Crippen molar-refractivity contribution < 1.29 is 4.42 Å². The van der Waals surface area contributed by atoms with E-state index in [4.69, 9.17) is 16.0 Å². The van der Waals surface area contributed by atoms with Crippen molar-refractivity contribution in [2.75, 3.05) is 5.32 Å². The van der Waals surface area contributed by atoms with Gasteiger partial charge in [-0.1, -0.05) is 29.3 Å². The average Bonchev–Trinajstić information content (AvgIpc) is 2.81. The molecule has 4 heteroatoms. The van der Waals surface area contributed by atoms with Crippen LogP contribution in [-0.4, -0.2) is 4.98 Å². The summed E-state index contributed by atoms with van der Waals surface area (Å²) in [6.07, 6.45) is 0. The number of aromatic nitrogens is 1. The molecule has 0 saturated carbocycles. The van der Waals surface area contributed by atoms with Crippen molar-refractivity contribution in [1.29, 1.82) is 0 Å². The Morgan fingerprint density at radius 2 is 1.90 bits per heavy atom. The fourth-order valence-electron chi connectivity index (χ4n) is 2.13. The Morgan fingerprint density at radius 1 is 1.15 bits per heavy atom. The van der Waals surface area contributed by atoms with Crippen LogP contribution < -0.4 is 5.32 Å². The first-order chi connectivity index (χ1) is 9.61. The van der Waals surface area contributed by atoms with Gasteiger partial charge >= 0.3 is 0 Å². The van der Waals surface area contributed by atoms with Crippen LogP contribution >= 0.6 is 11.6 Å². The van der Waals surface area contributed by atoms with Crippen molar-refractivity contribution in [3.05, 3.63) is 58.4 Å². The maximum atomic E-state index is 6.02. The number of benzene rings is 2. The summed E-state index contributed by atoms with van der Waals surface area (Å²) < 4.78 is 5.77. The van der Waals surface area contributed by atoms with Gasteiger partial charge in [0.05, 0.1) is 6.54 Å². The lowest BCUT2D eigenvalue weighted by Gasteiger charge is -2.03. The summed E-state index contributed by atoms with van der Waals surface area (Å²) in [5, 5.41) is 3.98. The Bertz CT molecular complexity index is 747. The molecule has 0 bridgehead atoms. The molecule has 1 aromatic heterocycles.